The zero-order valence-corrected chi connectivity index (χ0v) is 16.0. The number of hydrogen-bond donors (Lipinski definition) is 1. The van der Waals surface area contributed by atoms with Crippen molar-refractivity contribution in [2.24, 2.45) is 5.92 Å². The molecule has 0 aromatic carbocycles. The van der Waals surface area contributed by atoms with Gasteiger partial charge in [-0.2, -0.15) is 0 Å². The van der Waals surface area contributed by atoms with E-state index >= 15 is 0 Å². The number of thiazole rings is 1. The zero-order chi connectivity index (χ0) is 17.8. The number of thiophene rings is 1. The van der Waals surface area contributed by atoms with E-state index in [9.17, 15) is 9.59 Å². The largest absolute Gasteiger partial charge is 0.450 e. The summed E-state index contributed by atoms with van der Waals surface area (Å²) in [4.78, 5) is 31.3. The second-order valence-corrected chi connectivity index (χ2v) is 8.19. The topological polar surface area (TPSA) is 71.5 Å². The van der Waals surface area contributed by atoms with Crippen LogP contribution in [0.3, 0.4) is 0 Å². The molecule has 3 rings (SSSR count). The molecule has 0 saturated carbocycles. The summed E-state index contributed by atoms with van der Waals surface area (Å²) in [5, 5.41) is 5.31. The second-order valence-electron chi connectivity index (χ2n) is 5.61. The van der Waals surface area contributed by atoms with Gasteiger partial charge in [-0.25, -0.2) is 9.78 Å². The van der Waals surface area contributed by atoms with E-state index in [1.807, 2.05) is 17.5 Å². The third kappa shape index (κ3) is 4.50. The van der Waals surface area contributed by atoms with Crippen molar-refractivity contribution in [3.05, 3.63) is 21.8 Å². The Morgan fingerprint density at radius 3 is 3.04 bits per heavy atom. The van der Waals surface area contributed by atoms with Crippen LogP contribution in [0, 0.1) is 5.92 Å². The highest BCUT2D eigenvalue weighted by Crippen LogP contribution is 2.33. The molecule has 134 valence electrons. The van der Waals surface area contributed by atoms with Gasteiger partial charge in [0.05, 0.1) is 27.4 Å². The summed E-state index contributed by atoms with van der Waals surface area (Å²) >= 11 is 8.77. The molecule has 0 radical (unpaired) electrons. The number of carbonyl (C=O) groups is 2. The number of anilines is 1. The molecule has 2 amide bonds. The van der Waals surface area contributed by atoms with Crippen molar-refractivity contribution in [3.8, 4) is 10.6 Å². The van der Waals surface area contributed by atoms with Gasteiger partial charge in [0, 0.05) is 18.5 Å². The molecule has 1 N–H and O–H groups in total. The van der Waals surface area contributed by atoms with E-state index in [0.29, 0.717) is 29.2 Å². The predicted octanol–water partition coefficient (Wildman–Crippen LogP) is 4.33. The number of amides is 2. The fourth-order valence-corrected chi connectivity index (χ4v) is 4.47. The molecule has 0 spiro atoms. The summed E-state index contributed by atoms with van der Waals surface area (Å²) in [6, 6.07) is 3.73. The lowest BCUT2D eigenvalue weighted by Crippen LogP contribution is -2.44. The van der Waals surface area contributed by atoms with E-state index in [-0.39, 0.29) is 17.9 Å². The molecule has 2 aromatic rings. The van der Waals surface area contributed by atoms with Crippen molar-refractivity contribution in [1.82, 2.24) is 9.88 Å². The molecule has 1 aliphatic heterocycles. The molecule has 0 bridgehead atoms. The van der Waals surface area contributed by atoms with Crippen LogP contribution in [0.15, 0.2) is 17.5 Å². The maximum Gasteiger partial charge on any atom is 0.409 e. The minimum absolute atomic E-state index is 0.112. The Kier molecular flexibility index (Phi) is 5.93. The van der Waals surface area contributed by atoms with E-state index in [1.165, 1.54) is 22.7 Å². The van der Waals surface area contributed by atoms with E-state index in [1.54, 1.807) is 11.8 Å². The van der Waals surface area contributed by atoms with Crippen LogP contribution in [0.2, 0.25) is 4.34 Å². The summed E-state index contributed by atoms with van der Waals surface area (Å²) < 4.78 is 5.72. The van der Waals surface area contributed by atoms with Gasteiger partial charge in [-0.3, -0.25) is 4.79 Å². The molecule has 1 saturated heterocycles. The lowest BCUT2D eigenvalue weighted by Gasteiger charge is -2.30. The lowest BCUT2D eigenvalue weighted by atomic mass is 9.97. The number of carbonyl (C=O) groups excluding carboxylic acids is 2. The number of ether oxygens (including phenoxy) is 1. The Balaban J connectivity index is 1.60. The maximum absolute atomic E-state index is 12.5. The van der Waals surface area contributed by atoms with Gasteiger partial charge in [-0.1, -0.05) is 11.6 Å². The minimum atomic E-state index is -0.355. The molecular formula is C16H18ClN3O3S2. The number of aromatic nitrogens is 1. The van der Waals surface area contributed by atoms with Gasteiger partial charge >= 0.3 is 6.09 Å². The van der Waals surface area contributed by atoms with E-state index in [0.717, 1.165) is 23.4 Å². The first-order valence-electron chi connectivity index (χ1n) is 8.00. The predicted molar refractivity (Wildman–Crippen MR) is 100 cm³/mol. The van der Waals surface area contributed by atoms with Crippen molar-refractivity contribution >= 4 is 51.4 Å². The van der Waals surface area contributed by atoms with Gasteiger partial charge in [-0.15, -0.1) is 22.7 Å². The minimum Gasteiger partial charge on any atom is -0.450 e. The van der Waals surface area contributed by atoms with Gasteiger partial charge in [0.1, 0.15) is 0 Å². The number of piperidine rings is 1. The van der Waals surface area contributed by atoms with Gasteiger partial charge in [0.25, 0.3) is 0 Å². The number of likely N-dealkylation sites (tertiary alicyclic amines) is 1. The highest BCUT2D eigenvalue weighted by molar-refractivity contribution is 7.20. The normalized spacial score (nSPS) is 17.4. The van der Waals surface area contributed by atoms with Crippen LogP contribution < -0.4 is 5.32 Å². The number of rotatable bonds is 4. The van der Waals surface area contributed by atoms with E-state index < -0.39 is 0 Å². The van der Waals surface area contributed by atoms with Crippen LogP contribution in [0.25, 0.3) is 10.6 Å². The molecule has 1 aliphatic rings. The van der Waals surface area contributed by atoms with Gasteiger partial charge in [0.15, 0.2) is 5.13 Å². The zero-order valence-electron chi connectivity index (χ0n) is 13.7. The van der Waals surface area contributed by atoms with Gasteiger partial charge in [0.2, 0.25) is 5.91 Å². The lowest BCUT2D eigenvalue weighted by molar-refractivity contribution is -0.121. The van der Waals surface area contributed by atoms with Gasteiger partial charge < -0.3 is 15.0 Å². The highest BCUT2D eigenvalue weighted by Gasteiger charge is 2.29. The van der Waals surface area contributed by atoms with Crippen LogP contribution in [0.1, 0.15) is 19.8 Å². The summed E-state index contributed by atoms with van der Waals surface area (Å²) in [5.74, 6) is -0.360. The SMILES string of the molecule is CCOC(=O)N1CCCC(C(=O)Nc2nc(-c3ccc(Cl)s3)cs2)C1. The fraction of sp³-hybridized carbons (Fsp3) is 0.438. The molecular weight excluding hydrogens is 382 g/mol. The van der Waals surface area contributed by atoms with Crippen molar-refractivity contribution in [2.75, 3.05) is 25.0 Å². The summed E-state index contributed by atoms with van der Waals surface area (Å²) in [5.41, 5.74) is 0.800. The fourth-order valence-electron chi connectivity index (χ4n) is 2.68. The number of hydrogen-bond acceptors (Lipinski definition) is 6. The van der Waals surface area contributed by atoms with Crippen molar-refractivity contribution < 1.29 is 14.3 Å². The standard InChI is InChI=1S/C16H18ClN3O3S2/c1-2-23-16(22)20-7-3-4-10(8-20)14(21)19-15-18-11(9-24-15)12-5-6-13(17)25-12/h5-6,9-10H,2-4,7-8H2,1H3,(H,18,19,21). The van der Waals surface area contributed by atoms with Crippen molar-refractivity contribution in [1.29, 1.82) is 0 Å². The van der Waals surface area contributed by atoms with E-state index in [2.05, 4.69) is 10.3 Å². The smallest absolute Gasteiger partial charge is 0.409 e. The monoisotopic (exact) mass is 399 g/mol. The van der Waals surface area contributed by atoms with Crippen LogP contribution in [0.5, 0.6) is 0 Å². The van der Waals surface area contributed by atoms with E-state index in [4.69, 9.17) is 16.3 Å². The Bertz CT molecular complexity index is 761. The average molecular weight is 400 g/mol. The molecule has 3 heterocycles. The Morgan fingerprint density at radius 1 is 1.48 bits per heavy atom. The third-order valence-corrected chi connectivity index (χ3v) is 5.89. The molecule has 1 unspecified atom stereocenters. The molecule has 6 nitrogen and oxygen atoms in total. The molecule has 2 aromatic heterocycles. The molecule has 0 aliphatic carbocycles. The van der Waals surface area contributed by atoms with Crippen LogP contribution >= 0.6 is 34.3 Å². The average Bonchev–Trinajstić information content (AvgIpc) is 3.24. The molecule has 1 fully saturated rings. The van der Waals surface area contributed by atoms with Crippen molar-refractivity contribution in [3.63, 3.8) is 0 Å². The Morgan fingerprint density at radius 2 is 2.32 bits per heavy atom. The van der Waals surface area contributed by atoms with Crippen molar-refractivity contribution in [2.45, 2.75) is 19.8 Å². The molecule has 25 heavy (non-hydrogen) atoms. The maximum atomic E-state index is 12.5. The summed E-state index contributed by atoms with van der Waals surface area (Å²) in [6.45, 7) is 3.11. The molecule has 1 atom stereocenters. The molecule has 9 heteroatoms. The number of halogens is 1. The van der Waals surface area contributed by atoms with Gasteiger partial charge in [-0.05, 0) is 31.9 Å². The Labute approximate surface area is 158 Å². The number of nitrogens with zero attached hydrogens (tertiary/aromatic N) is 2. The number of nitrogens with one attached hydrogen (secondary N) is 1. The Hall–Kier alpha value is -1.64. The quantitative estimate of drug-likeness (QED) is 0.830. The first-order chi connectivity index (χ1) is 12.1. The van der Waals surface area contributed by atoms with Crippen LogP contribution in [-0.4, -0.2) is 41.6 Å². The van der Waals surface area contributed by atoms with Crippen LogP contribution in [-0.2, 0) is 9.53 Å². The first-order valence-corrected chi connectivity index (χ1v) is 10.1. The van der Waals surface area contributed by atoms with Crippen LogP contribution in [0.4, 0.5) is 9.93 Å². The third-order valence-electron chi connectivity index (χ3n) is 3.88. The summed E-state index contributed by atoms with van der Waals surface area (Å²) in [6.07, 6.45) is 1.18. The first kappa shape index (κ1) is 18.2. The highest BCUT2D eigenvalue weighted by atomic mass is 35.5. The summed E-state index contributed by atoms with van der Waals surface area (Å²) in [7, 11) is 0. The second kappa shape index (κ2) is 8.16.